The lowest BCUT2D eigenvalue weighted by Gasteiger charge is -2.44. The molecule has 1 amide bonds. The summed E-state index contributed by atoms with van der Waals surface area (Å²) >= 11 is 0. The van der Waals surface area contributed by atoms with Crippen molar-refractivity contribution in [3.05, 3.63) is 87.0 Å². The Morgan fingerprint density at radius 3 is 1.92 bits per heavy atom. The largest absolute Gasteiger partial charge is 0.534 e. The summed E-state index contributed by atoms with van der Waals surface area (Å²) in [5, 5.41) is -1.23. The van der Waals surface area contributed by atoms with Gasteiger partial charge in [-0.1, -0.05) is 13.1 Å². The number of hydrogen-bond acceptors (Lipinski definition) is 10. The van der Waals surface area contributed by atoms with Gasteiger partial charge in [0.1, 0.15) is 32.8 Å². The summed E-state index contributed by atoms with van der Waals surface area (Å²) in [7, 11) is -8.74. The minimum atomic E-state index is -6.65. The van der Waals surface area contributed by atoms with E-state index in [9.17, 15) is 40.8 Å². The highest BCUT2D eigenvalue weighted by Gasteiger charge is 2.60. The van der Waals surface area contributed by atoms with Gasteiger partial charge in [0.05, 0.1) is 19.8 Å². The Balaban J connectivity index is 1.87. The summed E-state index contributed by atoms with van der Waals surface area (Å²) in [6, 6.07) is 4.10. The molecule has 3 aromatic rings. The topological polar surface area (TPSA) is 143 Å². The van der Waals surface area contributed by atoms with E-state index in [1.54, 1.807) is 0 Å². The van der Waals surface area contributed by atoms with Crippen LogP contribution in [0, 0.1) is 30.2 Å². The molecule has 20 heteroatoms. The van der Waals surface area contributed by atoms with Gasteiger partial charge in [-0.3, -0.25) is 14.4 Å². The van der Waals surface area contributed by atoms with Crippen LogP contribution in [0.2, 0.25) is 13.1 Å². The fourth-order valence-electron chi connectivity index (χ4n) is 6.22. The average Bonchev–Trinajstić information content (AvgIpc) is 3.34. The first-order chi connectivity index (χ1) is 23.5. The molecule has 0 aliphatic carbocycles. The van der Waals surface area contributed by atoms with Gasteiger partial charge in [-0.2, -0.15) is 21.6 Å². The molecule has 272 valence electrons. The minimum Gasteiger partial charge on any atom is -0.468 e. The van der Waals surface area contributed by atoms with Gasteiger partial charge < -0.3 is 23.3 Å². The number of esters is 3. The van der Waals surface area contributed by atoms with Crippen molar-refractivity contribution in [2.24, 2.45) is 0 Å². The smallest absolute Gasteiger partial charge is 0.468 e. The molecule has 0 saturated carbocycles. The molecule has 0 N–H and O–H groups in total. The lowest BCUT2D eigenvalue weighted by atomic mass is 9.78. The molecule has 2 aliphatic heterocycles. The van der Waals surface area contributed by atoms with Gasteiger partial charge >= 0.3 is 33.5 Å². The molecule has 1 atom stereocenters. The lowest BCUT2D eigenvalue weighted by molar-refractivity contribution is -0.144. The molecule has 0 radical (unpaired) electrons. The zero-order valence-corrected chi connectivity index (χ0v) is 28.7. The maximum Gasteiger partial charge on any atom is 0.534 e. The highest BCUT2D eigenvalue weighted by molar-refractivity contribution is 7.88. The molecule has 0 aromatic heterocycles. The first kappa shape index (κ1) is 37.3. The number of rotatable bonds is 7. The normalized spacial score (nSPS) is 17.2. The predicted octanol–water partition coefficient (Wildman–Crippen LogP) is 3.17. The van der Waals surface area contributed by atoms with Gasteiger partial charge in [0.2, 0.25) is 5.75 Å². The maximum absolute atomic E-state index is 16.5. The number of hydrogen-bond donors (Lipinski definition) is 0. The quantitative estimate of drug-likeness (QED) is 0.0880. The summed E-state index contributed by atoms with van der Waals surface area (Å²) in [4.78, 5) is 52.0. The van der Waals surface area contributed by atoms with Crippen molar-refractivity contribution in [3.8, 4) is 5.75 Å². The van der Waals surface area contributed by atoms with Crippen molar-refractivity contribution in [3.63, 3.8) is 0 Å². The Labute approximate surface area is 285 Å². The van der Waals surface area contributed by atoms with Crippen molar-refractivity contribution < 1.29 is 76.7 Å². The number of fused-ring (bicyclic) bond motifs is 6. The summed E-state index contributed by atoms with van der Waals surface area (Å²) in [6.45, 7) is 1.93. The van der Waals surface area contributed by atoms with E-state index < -0.39 is 133 Å². The molecule has 2 heterocycles. The van der Waals surface area contributed by atoms with Gasteiger partial charge in [0, 0.05) is 27.8 Å². The van der Waals surface area contributed by atoms with Crippen LogP contribution in [0.1, 0.15) is 43.0 Å². The van der Waals surface area contributed by atoms with Crippen LogP contribution in [0.4, 0.5) is 30.7 Å². The zero-order chi connectivity index (χ0) is 38.2. The number of carbonyl (C=O) groups is 4. The Morgan fingerprint density at radius 2 is 1.39 bits per heavy atom. The average molecular weight is 764 g/mol. The van der Waals surface area contributed by atoms with E-state index in [-0.39, 0.29) is 5.56 Å². The Hall–Kier alpha value is -4.98. The molecule has 0 saturated heterocycles. The van der Waals surface area contributed by atoms with Crippen molar-refractivity contribution in [1.82, 2.24) is 4.90 Å². The Kier molecular flexibility index (Phi) is 9.03. The van der Waals surface area contributed by atoms with Crippen LogP contribution in [0.5, 0.6) is 5.75 Å². The van der Waals surface area contributed by atoms with Crippen LogP contribution in [-0.2, 0) is 39.5 Å². The van der Waals surface area contributed by atoms with Gasteiger partial charge in [-0.25, -0.2) is 22.4 Å². The lowest BCUT2D eigenvalue weighted by Crippen LogP contribution is -2.65. The maximum atomic E-state index is 16.5. The van der Waals surface area contributed by atoms with E-state index in [1.165, 1.54) is 13.1 Å². The van der Waals surface area contributed by atoms with Gasteiger partial charge in [-0.15, -0.1) is 0 Å². The second-order valence-corrected chi connectivity index (χ2v) is 17.7. The number of benzene rings is 3. The van der Waals surface area contributed by atoms with Crippen molar-refractivity contribution in [1.29, 1.82) is 0 Å². The van der Waals surface area contributed by atoms with Crippen molar-refractivity contribution in [2.75, 3.05) is 27.3 Å². The molecule has 0 bridgehead atoms. The SMILES string of the molecule is COC(=O)CN(CC(=O)OC)C(=O)c1ccc2c(c1)C1(OC2=O)c2cc(F)c(C)c(F)c2[Si](C)(C)c2c1cc(F)c(OS(=O)(=O)C(F)(F)F)c2F. The zero-order valence-electron chi connectivity index (χ0n) is 26.9. The van der Waals surface area contributed by atoms with Crippen molar-refractivity contribution >= 4 is 52.4 Å². The van der Waals surface area contributed by atoms with Gasteiger partial charge in [0.25, 0.3) is 5.91 Å². The van der Waals surface area contributed by atoms with Crippen LogP contribution in [0.3, 0.4) is 0 Å². The predicted molar refractivity (Wildman–Crippen MR) is 161 cm³/mol. The van der Waals surface area contributed by atoms with Crippen LogP contribution < -0.4 is 14.6 Å². The second kappa shape index (κ2) is 12.4. The molecule has 0 fully saturated rings. The fraction of sp³-hybridized carbons (Fsp3) is 0.290. The van der Waals surface area contributed by atoms with E-state index in [0.29, 0.717) is 11.0 Å². The van der Waals surface area contributed by atoms with E-state index >= 15 is 17.6 Å². The summed E-state index contributed by atoms with van der Waals surface area (Å²) in [5.74, 6) is -12.8. The highest BCUT2D eigenvalue weighted by atomic mass is 32.2. The van der Waals surface area contributed by atoms with Gasteiger partial charge in [0.15, 0.2) is 17.2 Å². The number of amides is 1. The molecule has 1 spiro atoms. The Morgan fingerprint density at radius 1 is 0.863 bits per heavy atom. The summed E-state index contributed by atoms with van der Waals surface area (Å²) in [5.41, 5.74) is -11.8. The number of halogens is 7. The fourth-order valence-corrected chi connectivity index (χ4v) is 10.2. The number of ether oxygens (including phenoxy) is 3. The van der Waals surface area contributed by atoms with Crippen molar-refractivity contribution in [2.45, 2.75) is 31.1 Å². The first-order valence-corrected chi connectivity index (χ1v) is 18.8. The van der Waals surface area contributed by atoms with Crippen LogP contribution in [0.15, 0.2) is 30.3 Å². The molecule has 3 aromatic carbocycles. The third-order valence-corrected chi connectivity index (χ3v) is 13.0. The first-order valence-electron chi connectivity index (χ1n) is 14.4. The standard InChI is InChI=1S/C31H24F7NO10SSi/c1-13-19(32)9-17-26(23(13)34)51(4,5)27-18(10-20(33)25(24(27)35)49-50(44,45)31(36,37)38)30(17)16-8-14(6-7-15(16)29(43)48-30)28(42)39(11-21(40)46-2)12-22(41)47-3/h6-10H,11-12H2,1-5H3. The molecular weight excluding hydrogens is 739 g/mol. The van der Waals surface area contributed by atoms with E-state index in [2.05, 4.69) is 13.7 Å². The third kappa shape index (κ3) is 5.69. The molecular formula is C31H24F7NO10SSi. The summed E-state index contributed by atoms with van der Waals surface area (Å²) in [6.07, 6.45) is 0. The van der Waals surface area contributed by atoms with Crippen LogP contribution >= 0.6 is 0 Å². The Bertz CT molecular complexity index is 2160. The number of methoxy groups -OCH3 is 2. The summed E-state index contributed by atoms with van der Waals surface area (Å²) < 4.78 is 146. The monoisotopic (exact) mass is 763 g/mol. The van der Waals surface area contributed by atoms with Gasteiger partial charge in [-0.05, 0) is 47.6 Å². The second-order valence-electron chi connectivity index (χ2n) is 11.9. The van der Waals surface area contributed by atoms with E-state index in [1.807, 2.05) is 0 Å². The molecule has 1 unspecified atom stereocenters. The minimum absolute atomic E-state index is 0.324. The molecule has 11 nitrogen and oxygen atoms in total. The molecule has 2 aliphatic rings. The highest BCUT2D eigenvalue weighted by Crippen LogP contribution is 2.51. The number of nitrogens with zero attached hydrogens (tertiary/aromatic N) is 1. The van der Waals surface area contributed by atoms with Crippen LogP contribution in [0.25, 0.3) is 0 Å². The number of alkyl halides is 3. The van der Waals surface area contributed by atoms with E-state index in [0.717, 1.165) is 45.4 Å². The molecule has 51 heavy (non-hydrogen) atoms. The number of carbonyl (C=O) groups excluding carboxylic acids is 4. The van der Waals surface area contributed by atoms with Crippen LogP contribution in [-0.4, -0.2) is 78.0 Å². The third-order valence-electron chi connectivity index (χ3n) is 8.60. The molecule has 5 rings (SSSR count). The van der Waals surface area contributed by atoms with E-state index in [4.69, 9.17) is 4.74 Å².